The molecule has 6 heteroatoms. The maximum Gasteiger partial charge on any atom is 0.230 e. The van der Waals surface area contributed by atoms with Gasteiger partial charge in [-0.1, -0.05) is 54.1 Å². The second kappa shape index (κ2) is 6.41. The van der Waals surface area contributed by atoms with E-state index in [1.54, 1.807) is 24.3 Å². The highest BCUT2D eigenvalue weighted by Gasteiger charge is 2.15. The lowest BCUT2D eigenvalue weighted by atomic mass is 10.1. The van der Waals surface area contributed by atoms with Crippen molar-refractivity contribution < 1.29 is 9.42 Å². The fraction of sp³-hybridized carbons (Fsp3) is 0.0625. The second-order valence-corrected chi connectivity index (χ2v) is 5.12. The Labute approximate surface area is 131 Å². The van der Waals surface area contributed by atoms with Crippen molar-refractivity contribution in [3.63, 3.8) is 0 Å². The molecule has 0 fully saturated rings. The highest BCUT2D eigenvalue weighted by Crippen LogP contribution is 2.23. The Morgan fingerprint density at radius 3 is 2.50 bits per heavy atom. The standard InChI is InChI=1S/C16H12ClN3O2/c17-13-8-6-11(7-9-13)10-14(21)18-16-15(19-22-20-16)12-4-2-1-3-5-12/h1-9H,10H2,(H,18,20,21). The molecule has 0 bridgehead atoms. The molecule has 0 atom stereocenters. The molecule has 110 valence electrons. The molecule has 0 spiro atoms. The van der Waals surface area contributed by atoms with Crippen LogP contribution in [-0.4, -0.2) is 16.2 Å². The Hall–Kier alpha value is -2.66. The number of hydrogen-bond acceptors (Lipinski definition) is 4. The van der Waals surface area contributed by atoms with Crippen molar-refractivity contribution in [1.29, 1.82) is 0 Å². The van der Waals surface area contributed by atoms with Crippen LogP contribution < -0.4 is 5.32 Å². The van der Waals surface area contributed by atoms with Gasteiger partial charge in [0.25, 0.3) is 0 Å². The first-order valence-corrected chi connectivity index (χ1v) is 7.02. The minimum absolute atomic E-state index is 0.199. The van der Waals surface area contributed by atoms with Crippen LogP contribution in [0, 0.1) is 0 Å². The molecule has 22 heavy (non-hydrogen) atoms. The van der Waals surface area contributed by atoms with E-state index < -0.39 is 0 Å². The number of halogens is 1. The summed E-state index contributed by atoms with van der Waals surface area (Å²) in [6.45, 7) is 0. The lowest BCUT2D eigenvalue weighted by Crippen LogP contribution is -2.15. The van der Waals surface area contributed by atoms with Gasteiger partial charge < -0.3 is 5.32 Å². The number of nitrogens with zero attached hydrogens (tertiary/aromatic N) is 2. The zero-order valence-corrected chi connectivity index (χ0v) is 12.2. The smallest absolute Gasteiger partial charge is 0.230 e. The molecule has 0 radical (unpaired) electrons. The maximum atomic E-state index is 12.1. The quantitative estimate of drug-likeness (QED) is 0.799. The van der Waals surface area contributed by atoms with E-state index in [9.17, 15) is 4.79 Å². The number of benzene rings is 2. The van der Waals surface area contributed by atoms with Crippen LogP contribution in [0.15, 0.2) is 59.2 Å². The summed E-state index contributed by atoms with van der Waals surface area (Å²) in [7, 11) is 0. The predicted octanol–water partition coefficient (Wildman–Crippen LogP) is 3.57. The van der Waals surface area contributed by atoms with E-state index in [4.69, 9.17) is 16.2 Å². The van der Waals surface area contributed by atoms with Crippen LogP contribution in [0.1, 0.15) is 5.56 Å². The van der Waals surface area contributed by atoms with Gasteiger partial charge in [0, 0.05) is 10.6 Å². The molecule has 0 aliphatic heterocycles. The van der Waals surface area contributed by atoms with E-state index >= 15 is 0 Å². The molecule has 2 aromatic carbocycles. The molecule has 0 aliphatic carbocycles. The maximum absolute atomic E-state index is 12.1. The molecule has 0 saturated heterocycles. The SMILES string of the molecule is O=C(Cc1ccc(Cl)cc1)Nc1nonc1-c1ccccc1. The van der Waals surface area contributed by atoms with E-state index in [0.717, 1.165) is 11.1 Å². The molecule has 0 unspecified atom stereocenters. The summed E-state index contributed by atoms with van der Waals surface area (Å²) >= 11 is 5.82. The van der Waals surface area contributed by atoms with Gasteiger partial charge in [0.1, 0.15) is 0 Å². The molecular formula is C16H12ClN3O2. The minimum Gasteiger partial charge on any atom is -0.306 e. The van der Waals surface area contributed by atoms with E-state index in [1.165, 1.54) is 0 Å². The number of carbonyl (C=O) groups is 1. The molecule has 5 nitrogen and oxygen atoms in total. The predicted molar refractivity (Wildman–Crippen MR) is 83.5 cm³/mol. The van der Waals surface area contributed by atoms with Gasteiger partial charge in [-0.05, 0) is 28.0 Å². The van der Waals surface area contributed by atoms with Gasteiger partial charge in [-0.25, -0.2) is 4.63 Å². The summed E-state index contributed by atoms with van der Waals surface area (Å²) in [5.74, 6) is 0.111. The summed E-state index contributed by atoms with van der Waals surface area (Å²) in [6, 6.07) is 16.5. The number of rotatable bonds is 4. The van der Waals surface area contributed by atoms with Crippen LogP contribution in [-0.2, 0) is 11.2 Å². The average Bonchev–Trinajstić information content (AvgIpc) is 2.98. The number of aromatic nitrogens is 2. The number of anilines is 1. The lowest BCUT2D eigenvalue weighted by molar-refractivity contribution is -0.115. The molecule has 3 rings (SSSR count). The Morgan fingerprint density at radius 2 is 1.77 bits per heavy atom. The Balaban J connectivity index is 1.73. The Morgan fingerprint density at radius 1 is 1.05 bits per heavy atom. The van der Waals surface area contributed by atoms with Crippen LogP contribution in [0.5, 0.6) is 0 Å². The summed E-state index contributed by atoms with van der Waals surface area (Å²) in [6.07, 6.45) is 0.220. The molecule has 3 aromatic rings. The fourth-order valence-electron chi connectivity index (χ4n) is 2.02. The Bertz CT molecular complexity index is 770. The van der Waals surface area contributed by atoms with Gasteiger partial charge >= 0.3 is 0 Å². The molecule has 1 heterocycles. The molecule has 1 amide bonds. The summed E-state index contributed by atoms with van der Waals surface area (Å²) < 4.78 is 4.73. The first-order valence-electron chi connectivity index (χ1n) is 6.64. The summed E-state index contributed by atoms with van der Waals surface area (Å²) in [5, 5.41) is 10.9. The number of hydrogen-bond donors (Lipinski definition) is 1. The number of amides is 1. The van der Waals surface area contributed by atoms with Gasteiger partial charge in [-0.15, -0.1) is 0 Å². The number of nitrogens with one attached hydrogen (secondary N) is 1. The topological polar surface area (TPSA) is 68.0 Å². The van der Waals surface area contributed by atoms with Crippen molar-refractivity contribution in [3.05, 3.63) is 65.2 Å². The Kier molecular flexibility index (Phi) is 4.16. The van der Waals surface area contributed by atoms with Crippen molar-refractivity contribution in [2.75, 3.05) is 5.32 Å². The van der Waals surface area contributed by atoms with Gasteiger partial charge in [0.15, 0.2) is 5.69 Å². The van der Waals surface area contributed by atoms with Gasteiger partial charge in [-0.2, -0.15) is 0 Å². The van der Waals surface area contributed by atoms with E-state index in [2.05, 4.69) is 15.6 Å². The van der Waals surface area contributed by atoms with Crippen LogP contribution in [0.3, 0.4) is 0 Å². The third-order valence-electron chi connectivity index (χ3n) is 3.07. The van der Waals surface area contributed by atoms with Crippen LogP contribution >= 0.6 is 11.6 Å². The van der Waals surface area contributed by atoms with Crippen LogP contribution in [0.25, 0.3) is 11.3 Å². The molecule has 0 aliphatic rings. The average molecular weight is 314 g/mol. The van der Waals surface area contributed by atoms with E-state index in [1.807, 2.05) is 30.3 Å². The van der Waals surface area contributed by atoms with Crippen molar-refractivity contribution in [1.82, 2.24) is 10.3 Å². The lowest BCUT2D eigenvalue weighted by Gasteiger charge is -2.03. The third kappa shape index (κ3) is 3.32. The molecule has 0 saturated carbocycles. The van der Waals surface area contributed by atoms with Crippen molar-refractivity contribution in [2.45, 2.75) is 6.42 Å². The third-order valence-corrected chi connectivity index (χ3v) is 3.32. The molecule has 1 N–H and O–H groups in total. The highest BCUT2D eigenvalue weighted by molar-refractivity contribution is 6.30. The van der Waals surface area contributed by atoms with E-state index in [0.29, 0.717) is 16.5 Å². The van der Waals surface area contributed by atoms with Crippen molar-refractivity contribution >= 4 is 23.3 Å². The van der Waals surface area contributed by atoms with Crippen LogP contribution in [0.2, 0.25) is 5.02 Å². The molecule has 1 aromatic heterocycles. The largest absolute Gasteiger partial charge is 0.306 e. The summed E-state index contributed by atoms with van der Waals surface area (Å²) in [5.41, 5.74) is 2.19. The van der Waals surface area contributed by atoms with Gasteiger partial charge in [0.2, 0.25) is 11.7 Å². The highest BCUT2D eigenvalue weighted by atomic mass is 35.5. The van der Waals surface area contributed by atoms with Gasteiger partial charge in [-0.3, -0.25) is 4.79 Å². The first kappa shape index (κ1) is 14.3. The zero-order chi connectivity index (χ0) is 15.4. The second-order valence-electron chi connectivity index (χ2n) is 4.68. The molecular weight excluding hydrogens is 302 g/mol. The summed E-state index contributed by atoms with van der Waals surface area (Å²) in [4.78, 5) is 12.1. The first-order chi connectivity index (χ1) is 10.7. The van der Waals surface area contributed by atoms with Crippen LogP contribution in [0.4, 0.5) is 5.82 Å². The van der Waals surface area contributed by atoms with Crippen molar-refractivity contribution in [2.24, 2.45) is 0 Å². The zero-order valence-electron chi connectivity index (χ0n) is 11.5. The monoisotopic (exact) mass is 313 g/mol. The fourth-order valence-corrected chi connectivity index (χ4v) is 2.15. The van der Waals surface area contributed by atoms with E-state index in [-0.39, 0.29) is 12.3 Å². The normalized spacial score (nSPS) is 10.4. The number of carbonyl (C=O) groups excluding carboxylic acids is 1. The minimum atomic E-state index is -0.199. The van der Waals surface area contributed by atoms with Crippen molar-refractivity contribution in [3.8, 4) is 11.3 Å². The van der Waals surface area contributed by atoms with Gasteiger partial charge in [0.05, 0.1) is 6.42 Å².